The quantitative estimate of drug-likeness (QED) is 0.368. The van der Waals surface area contributed by atoms with Crippen LogP contribution in [0.1, 0.15) is 57.1 Å². The highest BCUT2D eigenvalue weighted by Gasteiger charge is 2.49. The van der Waals surface area contributed by atoms with Crippen LogP contribution in [-0.4, -0.2) is 74.8 Å². The molecule has 43 heavy (non-hydrogen) atoms. The number of hydrogen-bond donors (Lipinski definition) is 0. The molecule has 2 aromatic carbocycles. The van der Waals surface area contributed by atoms with Crippen molar-refractivity contribution >= 4 is 15.7 Å². The number of carbonyl (C=O) groups excluding carboxylic acids is 1. The normalized spacial score (nSPS) is 26.5. The van der Waals surface area contributed by atoms with Gasteiger partial charge >= 0.3 is 6.18 Å². The molecular formula is C32H41F3N2O5S. The van der Waals surface area contributed by atoms with Crippen LogP contribution in [0.4, 0.5) is 13.2 Å². The molecule has 5 rings (SSSR count). The first-order valence-corrected chi connectivity index (χ1v) is 16.7. The number of ether oxygens (including phenoxy) is 2. The van der Waals surface area contributed by atoms with Gasteiger partial charge in [0.25, 0.3) is 0 Å². The first-order chi connectivity index (χ1) is 20.3. The zero-order valence-corrected chi connectivity index (χ0v) is 25.7. The molecule has 7 nitrogen and oxygen atoms in total. The average Bonchev–Trinajstić information content (AvgIpc) is 3.60. The second kappa shape index (κ2) is 12.5. The van der Waals surface area contributed by atoms with Gasteiger partial charge in [0, 0.05) is 42.6 Å². The van der Waals surface area contributed by atoms with Crippen LogP contribution in [0.15, 0.2) is 59.5 Å². The SMILES string of the molecule is CC(C)N(C)[C@@H]1CC[C@H](N2CCC(CC3(c4cccc(C(F)(F)F)c4)OCCO3)C2=O)[C@H](CS(=O)(=O)c2ccccc2)C1. The Hall–Kier alpha value is -2.47. The Balaban J connectivity index is 1.37. The second-order valence-corrected chi connectivity index (χ2v) is 14.4. The summed E-state index contributed by atoms with van der Waals surface area (Å²) in [5.74, 6) is -2.39. The van der Waals surface area contributed by atoms with Crippen LogP contribution in [0, 0.1) is 11.8 Å². The van der Waals surface area contributed by atoms with E-state index in [2.05, 4.69) is 25.8 Å². The van der Waals surface area contributed by atoms with Gasteiger partial charge in [-0.05, 0) is 76.8 Å². The lowest BCUT2D eigenvalue weighted by Crippen LogP contribution is -2.52. The van der Waals surface area contributed by atoms with Gasteiger partial charge in [-0.3, -0.25) is 4.79 Å². The number of likely N-dealkylation sites (tertiary alicyclic amines) is 1. The lowest BCUT2D eigenvalue weighted by Gasteiger charge is -2.44. The van der Waals surface area contributed by atoms with Gasteiger partial charge in [0.05, 0.1) is 29.4 Å². The van der Waals surface area contributed by atoms with Crippen LogP contribution in [-0.2, 0) is 36.1 Å². The summed E-state index contributed by atoms with van der Waals surface area (Å²) in [7, 11) is -1.53. The Morgan fingerprint density at radius 1 is 1.02 bits per heavy atom. The molecule has 0 bridgehead atoms. The summed E-state index contributed by atoms with van der Waals surface area (Å²) >= 11 is 0. The maximum Gasteiger partial charge on any atom is 0.416 e. The van der Waals surface area contributed by atoms with E-state index < -0.39 is 33.3 Å². The molecule has 3 aliphatic rings. The monoisotopic (exact) mass is 622 g/mol. The lowest BCUT2D eigenvalue weighted by atomic mass is 9.80. The van der Waals surface area contributed by atoms with E-state index in [4.69, 9.17) is 9.47 Å². The zero-order valence-electron chi connectivity index (χ0n) is 24.9. The van der Waals surface area contributed by atoms with Crippen molar-refractivity contribution in [3.8, 4) is 0 Å². The topological polar surface area (TPSA) is 76.2 Å². The van der Waals surface area contributed by atoms with Crippen molar-refractivity contribution in [3.05, 3.63) is 65.7 Å². The second-order valence-electron chi connectivity index (χ2n) is 12.4. The predicted octanol–water partition coefficient (Wildman–Crippen LogP) is 5.50. The molecule has 236 valence electrons. The summed E-state index contributed by atoms with van der Waals surface area (Å²) in [5.41, 5.74) is -0.552. The minimum absolute atomic E-state index is 0.0566. The fourth-order valence-electron chi connectivity index (χ4n) is 7.01. The highest BCUT2D eigenvalue weighted by molar-refractivity contribution is 7.91. The Bertz CT molecular complexity index is 1380. The number of carbonyl (C=O) groups is 1. The predicted molar refractivity (Wildman–Crippen MR) is 156 cm³/mol. The third-order valence-corrected chi connectivity index (χ3v) is 11.3. The minimum Gasteiger partial charge on any atom is -0.343 e. The number of nitrogens with zero attached hydrogens (tertiary/aromatic N) is 2. The first-order valence-electron chi connectivity index (χ1n) is 15.1. The van der Waals surface area contributed by atoms with Gasteiger partial charge in [-0.1, -0.05) is 30.3 Å². The molecule has 4 atom stereocenters. The summed E-state index contributed by atoms with van der Waals surface area (Å²) in [6.07, 6.45) is -1.75. The van der Waals surface area contributed by atoms with E-state index in [0.717, 1.165) is 18.6 Å². The maximum absolute atomic E-state index is 14.0. The van der Waals surface area contributed by atoms with Crippen molar-refractivity contribution in [3.63, 3.8) is 0 Å². The molecule has 3 fully saturated rings. The van der Waals surface area contributed by atoms with Crippen molar-refractivity contribution < 1.29 is 35.9 Å². The van der Waals surface area contributed by atoms with Crippen LogP contribution in [0.3, 0.4) is 0 Å². The molecule has 11 heteroatoms. The third kappa shape index (κ3) is 6.79. The van der Waals surface area contributed by atoms with Crippen molar-refractivity contribution in [1.82, 2.24) is 9.80 Å². The number of hydrogen-bond acceptors (Lipinski definition) is 6. The van der Waals surface area contributed by atoms with E-state index in [9.17, 15) is 26.4 Å². The van der Waals surface area contributed by atoms with E-state index in [1.54, 1.807) is 36.4 Å². The molecule has 1 aliphatic carbocycles. The van der Waals surface area contributed by atoms with E-state index in [1.165, 1.54) is 6.07 Å². The highest BCUT2D eigenvalue weighted by Crippen LogP contribution is 2.44. The number of sulfone groups is 1. The molecule has 1 saturated carbocycles. The standard InChI is InChI=1S/C32H41F3N2O5S/c1-22(2)36(3)27-12-13-29(24(18-27)21-43(39,40)28-10-5-4-6-11-28)37-15-14-23(30(37)38)20-31(41-16-17-42-31)25-8-7-9-26(19-25)32(33,34)35/h4-11,19,22-24,27,29H,12-18,20-21H2,1-3H3/t23?,24-,27+,29-/m0/s1. The van der Waals surface area contributed by atoms with Crippen LogP contribution in [0.5, 0.6) is 0 Å². The minimum atomic E-state index is -4.52. The highest BCUT2D eigenvalue weighted by atomic mass is 32.2. The smallest absolute Gasteiger partial charge is 0.343 e. The van der Waals surface area contributed by atoms with Gasteiger partial charge in [0.2, 0.25) is 5.91 Å². The Kier molecular flexibility index (Phi) is 9.28. The molecular weight excluding hydrogens is 581 g/mol. The lowest BCUT2D eigenvalue weighted by molar-refractivity contribution is -0.182. The van der Waals surface area contributed by atoms with Crippen LogP contribution in [0.2, 0.25) is 0 Å². The largest absolute Gasteiger partial charge is 0.416 e. The first kappa shape index (κ1) is 31.9. The Morgan fingerprint density at radius 3 is 2.37 bits per heavy atom. The van der Waals surface area contributed by atoms with E-state index in [-0.39, 0.29) is 59.8 Å². The molecule has 0 aromatic heterocycles. The number of halogens is 3. The summed E-state index contributed by atoms with van der Waals surface area (Å²) in [5, 5.41) is 0. The van der Waals surface area contributed by atoms with E-state index in [1.807, 2.05) is 4.90 Å². The van der Waals surface area contributed by atoms with Crippen molar-refractivity contribution in [2.75, 3.05) is 32.6 Å². The summed E-state index contributed by atoms with van der Waals surface area (Å²) in [4.78, 5) is 18.4. The zero-order chi connectivity index (χ0) is 31.0. The third-order valence-electron chi connectivity index (χ3n) is 9.49. The maximum atomic E-state index is 14.0. The Labute approximate surface area is 252 Å². The molecule has 2 saturated heterocycles. The molecule has 1 amide bonds. The number of benzene rings is 2. The summed E-state index contributed by atoms with van der Waals surface area (Å²) < 4.78 is 79.4. The van der Waals surface area contributed by atoms with Gasteiger partial charge < -0.3 is 19.3 Å². The molecule has 2 aliphatic heterocycles. The number of amides is 1. The molecule has 2 aromatic rings. The van der Waals surface area contributed by atoms with Crippen LogP contribution < -0.4 is 0 Å². The number of rotatable bonds is 9. The van der Waals surface area contributed by atoms with E-state index >= 15 is 0 Å². The van der Waals surface area contributed by atoms with Crippen molar-refractivity contribution in [2.45, 2.75) is 80.9 Å². The molecule has 0 N–H and O–H groups in total. The summed E-state index contributed by atoms with van der Waals surface area (Å²) in [6.45, 7) is 5.12. The van der Waals surface area contributed by atoms with Gasteiger partial charge in [-0.2, -0.15) is 13.2 Å². The fraction of sp³-hybridized carbons (Fsp3) is 0.594. The molecule has 0 spiro atoms. The van der Waals surface area contributed by atoms with Gasteiger partial charge in [0.15, 0.2) is 15.6 Å². The molecule has 0 radical (unpaired) electrons. The molecule has 1 unspecified atom stereocenters. The average molecular weight is 623 g/mol. The van der Waals surface area contributed by atoms with E-state index in [0.29, 0.717) is 31.8 Å². The van der Waals surface area contributed by atoms with Gasteiger partial charge in [-0.15, -0.1) is 0 Å². The van der Waals surface area contributed by atoms with Gasteiger partial charge in [0.1, 0.15) is 0 Å². The number of alkyl halides is 3. The van der Waals surface area contributed by atoms with Gasteiger partial charge in [-0.25, -0.2) is 8.42 Å². The molecule has 2 heterocycles. The fourth-order valence-corrected chi connectivity index (χ4v) is 8.69. The summed E-state index contributed by atoms with van der Waals surface area (Å²) in [6, 6.07) is 13.6. The van der Waals surface area contributed by atoms with Crippen LogP contribution in [0.25, 0.3) is 0 Å². The van der Waals surface area contributed by atoms with Crippen molar-refractivity contribution in [2.24, 2.45) is 11.8 Å². The Morgan fingerprint density at radius 2 is 1.72 bits per heavy atom. The van der Waals surface area contributed by atoms with Crippen molar-refractivity contribution in [1.29, 1.82) is 0 Å². The van der Waals surface area contributed by atoms with Crippen LogP contribution >= 0.6 is 0 Å².